The number of phenolic OH excluding ortho intramolecular Hbond substituents is 1. The lowest BCUT2D eigenvalue weighted by atomic mass is 10.2. The molecule has 5 heteroatoms. The molecule has 0 atom stereocenters. The van der Waals surface area contributed by atoms with Crippen molar-refractivity contribution < 1.29 is 9.90 Å². The van der Waals surface area contributed by atoms with Gasteiger partial charge in [0.15, 0.2) is 0 Å². The fraction of sp³-hybridized carbons (Fsp3) is 0. The Kier molecular flexibility index (Phi) is 3.89. The number of benzene rings is 2. The lowest BCUT2D eigenvalue weighted by Gasteiger charge is -2.06. The Morgan fingerprint density at radius 2 is 1.83 bits per heavy atom. The fourth-order valence-electron chi connectivity index (χ4n) is 1.39. The van der Waals surface area contributed by atoms with E-state index in [9.17, 15) is 4.79 Å². The summed E-state index contributed by atoms with van der Waals surface area (Å²) in [5.74, 6) is -0.133. The van der Waals surface area contributed by atoms with Crippen LogP contribution in [0.1, 0.15) is 10.4 Å². The summed E-state index contributed by atoms with van der Waals surface area (Å²) in [7, 11) is 0. The van der Waals surface area contributed by atoms with E-state index in [0.29, 0.717) is 16.3 Å². The third-order valence-corrected chi connectivity index (χ3v) is 3.54. The minimum Gasteiger partial charge on any atom is -0.508 e. The molecule has 1 amide bonds. The Labute approximate surface area is 118 Å². The molecule has 0 aliphatic carbocycles. The van der Waals surface area contributed by atoms with Gasteiger partial charge in [0.05, 0.1) is 5.02 Å². The van der Waals surface area contributed by atoms with Gasteiger partial charge in [-0.25, -0.2) is 0 Å². The standard InChI is InChI=1S/C13H9BrClNO2/c14-11-6-3-9(7-12(11)15)16-13(18)8-1-4-10(17)5-2-8/h1-7,17H,(H,16,18). The number of carbonyl (C=O) groups excluding carboxylic acids is 1. The number of anilines is 1. The summed E-state index contributed by atoms with van der Waals surface area (Å²) in [6, 6.07) is 11.2. The van der Waals surface area contributed by atoms with E-state index in [1.165, 1.54) is 12.1 Å². The highest BCUT2D eigenvalue weighted by Crippen LogP contribution is 2.25. The van der Waals surface area contributed by atoms with Gasteiger partial charge in [-0.05, 0) is 58.4 Å². The third kappa shape index (κ3) is 3.03. The molecule has 2 N–H and O–H groups in total. The summed E-state index contributed by atoms with van der Waals surface area (Å²) in [5, 5.41) is 12.4. The molecule has 2 rings (SSSR count). The molecule has 2 aromatic carbocycles. The molecule has 2 aromatic rings. The molecule has 0 saturated carbocycles. The van der Waals surface area contributed by atoms with Gasteiger partial charge in [-0.2, -0.15) is 0 Å². The van der Waals surface area contributed by atoms with Crippen molar-refractivity contribution in [2.75, 3.05) is 5.32 Å². The van der Waals surface area contributed by atoms with Crippen LogP contribution in [0.5, 0.6) is 5.75 Å². The molecule has 92 valence electrons. The number of nitrogens with one attached hydrogen (secondary N) is 1. The Balaban J connectivity index is 2.16. The second-order valence-electron chi connectivity index (χ2n) is 3.63. The topological polar surface area (TPSA) is 49.3 Å². The summed E-state index contributed by atoms with van der Waals surface area (Å²) in [4.78, 5) is 11.9. The maximum absolute atomic E-state index is 11.9. The van der Waals surface area contributed by atoms with E-state index < -0.39 is 0 Å². The van der Waals surface area contributed by atoms with E-state index in [2.05, 4.69) is 21.2 Å². The molecule has 0 heterocycles. The average molecular weight is 327 g/mol. The zero-order chi connectivity index (χ0) is 13.1. The van der Waals surface area contributed by atoms with Crippen LogP contribution in [0.4, 0.5) is 5.69 Å². The van der Waals surface area contributed by atoms with E-state index in [-0.39, 0.29) is 11.7 Å². The maximum Gasteiger partial charge on any atom is 0.255 e. The van der Waals surface area contributed by atoms with Gasteiger partial charge in [0, 0.05) is 15.7 Å². The normalized spacial score (nSPS) is 10.1. The predicted octanol–water partition coefficient (Wildman–Crippen LogP) is 4.06. The van der Waals surface area contributed by atoms with Crippen LogP contribution in [0.15, 0.2) is 46.9 Å². The molecular formula is C13H9BrClNO2. The summed E-state index contributed by atoms with van der Waals surface area (Å²) in [6.45, 7) is 0. The van der Waals surface area contributed by atoms with Crippen LogP contribution in [0.25, 0.3) is 0 Å². The highest BCUT2D eigenvalue weighted by atomic mass is 79.9. The minimum absolute atomic E-state index is 0.123. The highest BCUT2D eigenvalue weighted by molar-refractivity contribution is 9.10. The number of rotatable bonds is 2. The predicted molar refractivity (Wildman–Crippen MR) is 75.2 cm³/mol. The summed E-state index contributed by atoms with van der Waals surface area (Å²) in [5.41, 5.74) is 1.08. The summed E-state index contributed by atoms with van der Waals surface area (Å²) in [6.07, 6.45) is 0. The zero-order valence-corrected chi connectivity index (χ0v) is 11.5. The number of carbonyl (C=O) groups is 1. The molecule has 18 heavy (non-hydrogen) atoms. The lowest BCUT2D eigenvalue weighted by molar-refractivity contribution is 0.102. The van der Waals surface area contributed by atoms with E-state index in [4.69, 9.17) is 16.7 Å². The van der Waals surface area contributed by atoms with Gasteiger partial charge >= 0.3 is 0 Å². The molecule has 0 aliphatic rings. The average Bonchev–Trinajstić information content (AvgIpc) is 2.34. The Bertz CT molecular complexity index is 584. The van der Waals surface area contributed by atoms with Crippen LogP contribution >= 0.6 is 27.5 Å². The number of hydrogen-bond acceptors (Lipinski definition) is 2. The first-order valence-corrected chi connectivity index (χ1v) is 6.29. The fourth-order valence-corrected chi connectivity index (χ4v) is 1.82. The summed E-state index contributed by atoms with van der Waals surface area (Å²) < 4.78 is 0.770. The van der Waals surface area contributed by atoms with Crippen molar-refractivity contribution in [1.82, 2.24) is 0 Å². The minimum atomic E-state index is -0.256. The van der Waals surface area contributed by atoms with E-state index in [0.717, 1.165) is 4.47 Å². The SMILES string of the molecule is O=C(Nc1ccc(Br)c(Cl)c1)c1ccc(O)cc1. The molecule has 0 aromatic heterocycles. The first-order chi connectivity index (χ1) is 8.56. The number of hydrogen-bond donors (Lipinski definition) is 2. The molecule has 0 aliphatic heterocycles. The summed E-state index contributed by atoms with van der Waals surface area (Å²) >= 11 is 9.21. The van der Waals surface area contributed by atoms with Crippen molar-refractivity contribution in [3.05, 3.63) is 57.5 Å². The largest absolute Gasteiger partial charge is 0.508 e. The van der Waals surface area contributed by atoms with E-state index in [1.54, 1.807) is 30.3 Å². The van der Waals surface area contributed by atoms with Gasteiger partial charge < -0.3 is 10.4 Å². The van der Waals surface area contributed by atoms with Gasteiger partial charge in [-0.1, -0.05) is 11.6 Å². The van der Waals surface area contributed by atoms with Crippen molar-refractivity contribution in [3.63, 3.8) is 0 Å². The van der Waals surface area contributed by atoms with Crippen molar-refractivity contribution in [2.45, 2.75) is 0 Å². The lowest BCUT2D eigenvalue weighted by Crippen LogP contribution is -2.11. The van der Waals surface area contributed by atoms with Gasteiger partial charge in [0.25, 0.3) is 5.91 Å². The zero-order valence-electron chi connectivity index (χ0n) is 9.15. The Hall–Kier alpha value is -1.52. The Morgan fingerprint density at radius 1 is 1.17 bits per heavy atom. The smallest absolute Gasteiger partial charge is 0.255 e. The first-order valence-electron chi connectivity index (χ1n) is 5.12. The molecule has 3 nitrogen and oxygen atoms in total. The van der Waals surface area contributed by atoms with Crippen LogP contribution in [-0.2, 0) is 0 Å². The number of halogens is 2. The van der Waals surface area contributed by atoms with Crippen molar-refractivity contribution in [1.29, 1.82) is 0 Å². The van der Waals surface area contributed by atoms with Crippen molar-refractivity contribution >= 4 is 39.1 Å². The quantitative estimate of drug-likeness (QED) is 0.874. The Morgan fingerprint density at radius 3 is 2.44 bits per heavy atom. The molecule has 0 fully saturated rings. The molecule has 0 saturated heterocycles. The van der Waals surface area contributed by atoms with Gasteiger partial charge in [0.2, 0.25) is 0 Å². The first kappa shape index (κ1) is 12.9. The van der Waals surface area contributed by atoms with Crippen LogP contribution in [-0.4, -0.2) is 11.0 Å². The highest BCUT2D eigenvalue weighted by Gasteiger charge is 2.07. The van der Waals surface area contributed by atoms with E-state index >= 15 is 0 Å². The van der Waals surface area contributed by atoms with Gasteiger partial charge in [0.1, 0.15) is 5.75 Å². The van der Waals surface area contributed by atoms with E-state index in [1.807, 2.05) is 0 Å². The van der Waals surface area contributed by atoms with Crippen LogP contribution in [0, 0.1) is 0 Å². The number of phenols is 1. The van der Waals surface area contributed by atoms with Crippen LogP contribution in [0.3, 0.4) is 0 Å². The second kappa shape index (κ2) is 5.42. The third-order valence-electron chi connectivity index (χ3n) is 2.31. The molecule has 0 bridgehead atoms. The monoisotopic (exact) mass is 325 g/mol. The van der Waals surface area contributed by atoms with Crippen molar-refractivity contribution in [3.8, 4) is 5.75 Å². The van der Waals surface area contributed by atoms with Crippen LogP contribution < -0.4 is 5.32 Å². The maximum atomic E-state index is 11.9. The molecule has 0 spiro atoms. The molecule has 0 radical (unpaired) electrons. The van der Waals surface area contributed by atoms with Gasteiger partial charge in [-0.3, -0.25) is 4.79 Å². The second-order valence-corrected chi connectivity index (χ2v) is 4.89. The van der Waals surface area contributed by atoms with Gasteiger partial charge in [-0.15, -0.1) is 0 Å². The number of amides is 1. The molecule has 0 unspecified atom stereocenters. The molecular weight excluding hydrogens is 318 g/mol. The number of aromatic hydroxyl groups is 1. The van der Waals surface area contributed by atoms with Crippen LogP contribution in [0.2, 0.25) is 5.02 Å². The van der Waals surface area contributed by atoms with Crippen molar-refractivity contribution in [2.24, 2.45) is 0 Å².